The molecule has 0 saturated heterocycles. The van der Waals surface area contributed by atoms with Crippen LogP contribution >= 0.6 is 0 Å². The number of benzene rings is 1. The summed E-state index contributed by atoms with van der Waals surface area (Å²) in [5, 5.41) is 0.837. The highest BCUT2D eigenvalue weighted by atomic mass is 16.5. The van der Waals surface area contributed by atoms with Crippen LogP contribution in [-0.4, -0.2) is 12.0 Å². The zero-order valence-electron chi connectivity index (χ0n) is 13.3. The highest BCUT2D eigenvalue weighted by molar-refractivity contribution is 5.85. The van der Waals surface area contributed by atoms with Gasteiger partial charge >= 0.3 is 11.6 Å². The lowest BCUT2D eigenvalue weighted by atomic mass is 10.0. The third-order valence-corrected chi connectivity index (χ3v) is 3.71. The van der Waals surface area contributed by atoms with Crippen LogP contribution in [0.3, 0.4) is 0 Å². The molecule has 22 heavy (non-hydrogen) atoms. The molecule has 1 heterocycles. The van der Waals surface area contributed by atoms with Crippen molar-refractivity contribution in [2.45, 2.75) is 40.2 Å². The molecular formula is C17H21NO4. The molecule has 1 aromatic carbocycles. The highest BCUT2D eigenvalue weighted by Crippen LogP contribution is 2.28. The maximum absolute atomic E-state index is 12.1. The van der Waals surface area contributed by atoms with E-state index in [1.807, 2.05) is 33.8 Å². The van der Waals surface area contributed by atoms with E-state index in [-0.39, 0.29) is 5.92 Å². The van der Waals surface area contributed by atoms with Crippen molar-refractivity contribution in [1.82, 2.24) is 0 Å². The quantitative estimate of drug-likeness (QED) is 0.533. The van der Waals surface area contributed by atoms with E-state index in [2.05, 4.69) is 0 Å². The summed E-state index contributed by atoms with van der Waals surface area (Å²) < 4.78 is 10.6. The first-order valence-corrected chi connectivity index (χ1v) is 7.38. The molecule has 0 aliphatic carbocycles. The van der Waals surface area contributed by atoms with Crippen LogP contribution in [0.1, 0.15) is 31.9 Å². The van der Waals surface area contributed by atoms with E-state index in [1.54, 1.807) is 6.07 Å². The van der Waals surface area contributed by atoms with Gasteiger partial charge in [-0.25, -0.2) is 9.59 Å². The molecule has 1 aromatic heterocycles. The van der Waals surface area contributed by atoms with Crippen LogP contribution in [0, 0.1) is 12.8 Å². The number of hydrogen-bond acceptors (Lipinski definition) is 5. The Labute approximate surface area is 129 Å². The van der Waals surface area contributed by atoms with Crippen LogP contribution in [0.15, 0.2) is 27.4 Å². The number of carbonyl (C=O) groups excluding carboxylic acids is 1. The van der Waals surface area contributed by atoms with Crippen LogP contribution in [0.25, 0.3) is 11.0 Å². The van der Waals surface area contributed by atoms with Crippen molar-refractivity contribution in [3.05, 3.63) is 39.7 Å². The maximum Gasteiger partial charge on any atom is 0.336 e. The van der Waals surface area contributed by atoms with E-state index < -0.39 is 17.6 Å². The van der Waals surface area contributed by atoms with Gasteiger partial charge in [0.05, 0.1) is 0 Å². The fraction of sp³-hybridized carbons (Fsp3) is 0.412. The third kappa shape index (κ3) is 3.20. The minimum atomic E-state index is -0.690. The van der Waals surface area contributed by atoms with E-state index in [0.29, 0.717) is 17.8 Å². The largest absolute Gasteiger partial charge is 0.425 e. The summed E-state index contributed by atoms with van der Waals surface area (Å²) in [6, 6.07) is 4.23. The average molecular weight is 303 g/mol. The smallest absolute Gasteiger partial charge is 0.336 e. The molecule has 5 nitrogen and oxygen atoms in total. The summed E-state index contributed by atoms with van der Waals surface area (Å²) in [7, 11) is 0. The average Bonchev–Trinajstić information content (AvgIpc) is 2.45. The van der Waals surface area contributed by atoms with E-state index in [1.165, 1.54) is 6.07 Å². The predicted octanol–water partition coefficient (Wildman–Crippen LogP) is 2.55. The molecule has 1 unspecified atom stereocenters. The number of nitrogens with two attached hydrogens (primary N) is 1. The fourth-order valence-electron chi connectivity index (χ4n) is 2.21. The Morgan fingerprint density at radius 1 is 1.32 bits per heavy atom. The van der Waals surface area contributed by atoms with E-state index in [9.17, 15) is 9.59 Å². The maximum atomic E-state index is 12.1. The SMILES string of the molecule is CCc1cc2c(C)cc(=O)oc2cc1OC(=O)C(N)C(C)C. The second-order valence-corrected chi connectivity index (χ2v) is 5.75. The van der Waals surface area contributed by atoms with Crippen molar-refractivity contribution < 1.29 is 13.9 Å². The van der Waals surface area contributed by atoms with E-state index in [4.69, 9.17) is 14.9 Å². The summed E-state index contributed by atoms with van der Waals surface area (Å²) in [5.41, 5.74) is 7.49. The molecule has 2 aromatic rings. The minimum Gasteiger partial charge on any atom is -0.425 e. The summed E-state index contributed by atoms with van der Waals surface area (Å²) in [4.78, 5) is 23.5. The molecule has 0 radical (unpaired) electrons. The van der Waals surface area contributed by atoms with Crippen molar-refractivity contribution in [3.8, 4) is 5.75 Å². The van der Waals surface area contributed by atoms with Crippen molar-refractivity contribution in [3.63, 3.8) is 0 Å². The standard InChI is InChI=1S/C17H21NO4/c1-5-11-7-12-10(4)6-15(19)21-14(12)8-13(11)22-17(20)16(18)9(2)3/h6-9,16H,5,18H2,1-4H3. The van der Waals surface area contributed by atoms with Crippen LogP contribution in [0.5, 0.6) is 5.75 Å². The molecule has 2 rings (SSSR count). The molecular weight excluding hydrogens is 282 g/mol. The number of fused-ring (bicyclic) bond motifs is 1. The minimum absolute atomic E-state index is 0.0155. The Kier molecular flexibility index (Phi) is 4.66. The first kappa shape index (κ1) is 16.2. The number of aryl methyl sites for hydroxylation is 2. The van der Waals surface area contributed by atoms with Crippen LogP contribution in [0.4, 0.5) is 0 Å². The van der Waals surface area contributed by atoms with Gasteiger partial charge in [0.25, 0.3) is 0 Å². The molecule has 0 saturated carbocycles. The number of esters is 1. The van der Waals surface area contributed by atoms with Crippen LogP contribution in [-0.2, 0) is 11.2 Å². The second-order valence-electron chi connectivity index (χ2n) is 5.75. The number of hydrogen-bond donors (Lipinski definition) is 1. The summed E-state index contributed by atoms with van der Waals surface area (Å²) in [6.45, 7) is 7.53. The highest BCUT2D eigenvalue weighted by Gasteiger charge is 2.21. The van der Waals surface area contributed by atoms with Crippen molar-refractivity contribution in [2.24, 2.45) is 11.7 Å². The zero-order valence-corrected chi connectivity index (χ0v) is 13.3. The molecule has 0 aliphatic heterocycles. The fourth-order valence-corrected chi connectivity index (χ4v) is 2.21. The Bertz CT molecular complexity index is 761. The molecule has 5 heteroatoms. The van der Waals surface area contributed by atoms with Gasteiger partial charge in [0.1, 0.15) is 17.4 Å². The summed E-state index contributed by atoms with van der Waals surface area (Å²) in [5.74, 6) is -0.109. The van der Waals surface area contributed by atoms with Crippen LogP contribution < -0.4 is 16.1 Å². The van der Waals surface area contributed by atoms with Gasteiger partial charge in [-0.15, -0.1) is 0 Å². The molecule has 0 aliphatic rings. The molecule has 0 spiro atoms. The molecule has 2 N–H and O–H groups in total. The Balaban J connectivity index is 2.49. The predicted molar refractivity (Wildman–Crippen MR) is 85.0 cm³/mol. The van der Waals surface area contributed by atoms with E-state index >= 15 is 0 Å². The lowest BCUT2D eigenvalue weighted by Gasteiger charge is -2.16. The number of ether oxygens (including phenoxy) is 1. The normalized spacial score (nSPS) is 12.6. The Morgan fingerprint density at radius 2 is 2.00 bits per heavy atom. The molecule has 0 bridgehead atoms. The van der Waals surface area contributed by atoms with Gasteiger partial charge in [-0.05, 0) is 36.5 Å². The number of carbonyl (C=O) groups is 1. The lowest BCUT2D eigenvalue weighted by molar-refractivity contribution is -0.136. The first-order valence-electron chi connectivity index (χ1n) is 7.38. The van der Waals surface area contributed by atoms with Crippen molar-refractivity contribution in [1.29, 1.82) is 0 Å². The van der Waals surface area contributed by atoms with Gasteiger partial charge in [0.2, 0.25) is 0 Å². The number of rotatable bonds is 4. The topological polar surface area (TPSA) is 82.5 Å². The molecule has 118 valence electrons. The van der Waals surface area contributed by atoms with Gasteiger partial charge in [0.15, 0.2) is 0 Å². The third-order valence-electron chi connectivity index (χ3n) is 3.71. The van der Waals surface area contributed by atoms with Gasteiger partial charge in [0, 0.05) is 17.5 Å². The van der Waals surface area contributed by atoms with Crippen molar-refractivity contribution in [2.75, 3.05) is 0 Å². The molecule has 0 fully saturated rings. The zero-order chi connectivity index (χ0) is 16.4. The Hall–Kier alpha value is -2.14. The molecule has 1 atom stereocenters. The summed E-state index contributed by atoms with van der Waals surface area (Å²) in [6.07, 6.45) is 0.689. The monoisotopic (exact) mass is 303 g/mol. The van der Waals surface area contributed by atoms with Gasteiger partial charge in [-0.1, -0.05) is 20.8 Å². The van der Waals surface area contributed by atoms with E-state index in [0.717, 1.165) is 16.5 Å². The first-order chi connectivity index (χ1) is 10.3. The van der Waals surface area contributed by atoms with Gasteiger partial charge in [-0.3, -0.25) is 0 Å². The summed E-state index contributed by atoms with van der Waals surface area (Å²) >= 11 is 0. The van der Waals surface area contributed by atoms with Gasteiger partial charge < -0.3 is 14.9 Å². The van der Waals surface area contributed by atoms with Crippen LogP contribution in [0.2, 0.25) is 0 Å². The Morgan fingerprint density at radius 3 is 2.59 bits per heavy atom. The second kappa shape index (κ2) is 6.32. The van der Waals surface area contributed by atoms with Crippen molar-refractivity contribution >= 4 is 16.9 Å². The lowest BCUT2D eigenvalue weighted by Crippen LogP contribution is -2.38. The van der Waals surface area contributed by atoms with Gasteiger partial charge in [-0.2, -0.15) is 0 Å². The molecule has 0 amide bonds.